The Balaban J connectivity index is 1.96. The van der Waals surface area contributed by atoms with Crippen LogP contribution in [-0.2, 0) is 20.7 Å². The first-order valence-corrected chi connectivity index (χ1v) is 7.70. The number of hydrogen-bond donors (Lipinski definition) is 1. The van der Waals surface area contributed by atoms with Gasteiger partial charge in [-0.25, -0.2) is 9.18 Å². The lowest BCUT2D eigenvalue weighted by Gasteiger charge is -2.18. The minimum atomic E-state index is -0.777. The van der Waals surface area contributed by atoms with E-state index in [-0.39, 0.29) is 18.1 Å². The number of ether oxygens (including phenoxy) is 1. The van der Waals surface area contributed by atoms with Crippen molar-refractivity contribution in [2.75, 3.05) is 7.11 Å². The third kappa shape index (κ3) is 4.83. The summed E-state index contributed by atoms with van der Waals surface area (Å²) in [6.07, 6.45) is 5.14. The molecule has 0 bridgehead atoms. The molecule has 1 amide bonds. The van der Waals surface area contributed by atoms with Crippen LogP contribution < -0.4 is 5.32 Å². The highest BCUT2D eigenvalue weighted by molar-refractivity contribution is 5.84. The Hall–Kier alpha value is -1.91. The summed E-state index contributed by atoms with van der Waals surface area (Å²) in [6, 6.07) is 5.23. The van der Waals surface area contributed by atoms with E-state index in [2.05, 4.69) is 5.32 Å². The molecule has 1 aromatic carbocycles. The Morgan fingerprint density at radius 2 is 2.09 bits per heavy atom. The number of esters is 1. The van der Waals surface area contributed by atoms with Crippen LogP contribution in [0.15, 0.2) is 24.3 Å². The molecule has 120 valence electrons. The summed E-state index contributed by atoms with van der Waals surface area (Å²) >= 11 is 0. The SMILES string of the molecule is COC(=O)[C@H](Cc1cccc(F)c1)NC(=O)CC1CCCC1. The summed E-state index contributed by atoms with van der Waals surface area (Å²) in [5.74, 6) is -0.603. The van der Waals surface area contributed by atoms with Gasteiger partial charge in [0, 0.05) is 12.8 Å². The maximum atomic E-state index is 13.2. The summed E-state index contributed by atoms with van der Waals surface area (Å²) in [5, 5.41) is 2.73. The summed E-state index contributed by atoms with van der Waals surface area (Å²) in [4.78, 5) is 23.9. The second-order valence-electron chi connectivity index (χ2n) is 5.83. The molecule has 0 radical (unpaired) electrons. The molecule has 1 aliphatic rings. The van der Waals surface area contributed by atoms with Gasteiger partial charge in [0.2, 0.25) is 5.91 Å². The van der Waals surface area contributed by atoms with Crippen LogP contribution in [-0.4, -0.2) is 25.0 Å². The fraction of sp³-hybridized carbons (Fsp3) is 0.529. The lowest BCUT2D eigenvalue weighted by atomic mass is 10.0. The van der Waals surface area contributed by atoms with Crippen molar-refractivity contribution in [2.45, 2.75) is 44.6 Å². The fourth-order valence-electron chi connectivity index (χ4n) is 2.97. The maximum absolute atomic E-state index is 13.2. The van der Waals surface area contributed by atoms with Gasteiger partial charge in [0.1, 0.15) is 11.9 Å². The van der Waals surface area contributed by atoms with Crippen molar-refractivity contribution in [1.29, 1.82) is 0 Å². The van der Waals surface area contributed by atoms with Crippen molar-refractivity contribution in [3.05, 3.63) is 35.6 Å². The van der Waals surface area contributed by atoms with Crippen LogP contribution in [0.25, 0.3) is 0 Å². The van der Waals surface area contributed by atoms with Crippen LogP contribution in [0.5, 0.6) is 0 Å². The third-order valence-corrected chi connectivity index (χ3v) is 4.10. The first kappa shape index (κ1) is 16.5. The average molecular weight is 307 g/mol. The highest BCUT2D eigenvalue weighted by Gasteiger charge is 2.24. The summed E-state index contributed by atoms with van der Waals surface area (Å²) in [6.45, 7) is 0. The second-order valence-corrected chi connectivity index (χ2v) is 5.83. The van der Waals surface area contributed by atoms with E-state index in [1.807, 2.05) is 0 Å². The first-order chi connectivity index (χ1) is 10.6. The van der Waals surface area contributed by atoms with Crippen molar-refractivity contribution < 1.29 is 18.7 Å². The van der Waals surface area contributed by atoms with E-state index in [9.17, 15) is 14.0 Å². The number of benzene rings is 1. The Morgan fingerprint density at radius 3 is 2.73 bits per heavy atom. The van der Waals surface area contributed by atoms with Crippen LogP contribution in [0.1, 0.15) is 37.7 Å². The predicted molar refractivity (Wildman–Crippen MR) is 80.6 cm³/mol. The standard InChI is InChI=1S/C17H22FNO3/c1-22-17(21)15(10-13-7-4-8-14(18)9-13)19-16(20)11-12-5-2-3-6-12/h4,7-9,12,15H,2-3,5-6,10-11H2,1H3,(H,19,20)/t15-/m0/s1. The third-order valence-electron chi connectivity index (χ3n) is 4.10. The molecular formula is C17H22FNO3. The Bertz CT molecular complexity index is 526. The van der Waals surface area contributed by atoms with E-state index in [1.165, 1.54) is 32.1 Å². The molecule has 1 aromatic rings. The van der Waals surface area contributed by atoms with Crippen molar-refractivity contribution in [3.8, 4) is 0 Å². The smallest absolute Gasteiger partial charge is 0.328 e. The first-order valence-electron chi connectivity index (χ1n) is 7.70. The minimum Gasteiger partial charge on any atom is -0.467 e. The number of carbonyl (C=O) groups is 2. The van der Waals surface area contributed by atoms with Gasteiger partial charge in [0.15, 0.2) is 0 Å². The predicted octanol–water partition coefficient (Wildman–Crippen LogP) is 2.61. The molecule has 0 aromatic heterocycles. The lowest BCUT2D eigenvalue weighted by molar-refractivity contribution is -0.145. The van der Waals surface area contributed by atoms with E-state index in [0.29, 0.717) is 17.9 Å². The molecule has 1 aliphatic carbocycles. The Kier molecular flexibility index (Phi) is 5.92. The number of halogens is 1. The van der Waals surface area contributed by atoms with Gasteiger partial charge >= 0.3 is 5.97 Å². The number of amides is 1. The summed E-state index contributed by atoms with van der Waals surface area (Å²) < 4.78 is 18.0. The van der Waals surface area contributed by atoms with Crippen LogP contribution in [0.2, 0.25) is 0 Å². The van der Waals surface area contributed by atoms with E-state index in [0.717, 1.165) is 12.8 Å². The van der Waals surface area contributed by atoms with Gasteiger partial charge < -0.3 is 10.1 Å². The quantitative estimate of drug-likeness (QED) is 0.822. The molecule has 2 rings (SSSR count). The highest BCUT2D eigenvalue weighted by Crippen LogP contribution is 2.27. The normalized spacial score (nSPS) is 16.3. The van der Waals surface area contributed by atoms with Gasteiger partial charge in [0.05, 0.1) is 7.11 Å². The molecule has 1 N–H and O–H groups in total. The number of nitrogens with one attached hydrogen (secondary N) is 1. The monoisotopic (exact) mass is 307 g/mol. The zero-order chi connectivity index (χ0) is 15.9. The van der Waals surface area contributed by atoms with Gasteiger partial charge in [-0.3, -0.25) is 4.79 Å². The van der Waals surface area contributed by atoms with Gasteiger partial charge in [-0.15, -0.1) is 0 Å². The molecule has 0 spiro atoms. The molecule has 4 nitrogen and oxygen atoms in total. The molecule has 1 saturated carbocycles. The van der Waals surface area contributed by atoms with Gasteiger partial charge in [-0.2, -0.15) is 0 Å². The van der Waals surface area contributed by atoms with Gasteiger partial charge in [-0.05, 0) is 36.5 Å². The van der Waals surface area contributed by atoms with E-state index in [4.69, 9.17) is 4.74 Å². The number of hydrogen-bond acceptors (Lipinski definition) is 3. The Morgan fingerprint density at radius 1 is 1.36 bits per heavy atom. The molecule has 1 atom stereocenters. The highest BCUT2D eigenvalue weighted by atomic mass is 19.1. The van der Waals surface area contributed by atoms with Gasteiger partial charge in [0.25, 0.3) is 0 Å². The molecule has 5 heteroatoms. The van der Waals surface area contributed by atoms with E-state index < -0.39 is 12.0 Å². The molecule has 0 saturated heterocycles. The van der Waals surface area contributed by atoms with Crippen LogP contribution in [0.4, 0.5) is 4.39 Å². The molecule has 1 fully saturated rings. The van der Waals surface area contributed by atoms with Crippen molar-refractivity contribution in [1.82, 2.24) is 5.32 Å². The van der Waals surface area contributed by atoms with Crippen molar-refractivity contribution in [2.24, 2.45) is 5.92 Å². The fourth-order valence-corrected chi connectivity index (χ4v) is 2.97. The second kappa shape index (κ2) is 7.92. The number of carbonyl (C=O) groups excluding carboxylic acids is 2. The molecule has 0 heterocycles. The van der Waals surface area contributed by atoms with Crippen LogP contribution in [0.3, 0.4) is 0 Å². The van der Waals surface area contributed by atoms with Crippen LogP contribution in [0, 0.1) is 11.7 Å². The summed E-state index contributed by atoms with van der Waals surface area (Å²) in [5.41, 5.74) is 0.650. The van der Waals surface area contributed by atoms with Crippen molar-refractivity contribution in [3.63, 3.8) is 0 Å². The molecular weight excluding hydrogens is 285 g/mol. The average Bonchev–Trinajstić information content (AvgIpc) is 2.98. The van der Waals surface area contributed by atoms with E-state index >= 15 is 0 Å². The largest absolute Gasteiger partial charge is 0.467 e. The maximum Gasteiger partial charge on any atom is 0.328 e. The number of rotatable bonds is 6. The zero-order valence-electron chi connectivity index (χ0n) is 12.8. The van der Waals surface area contributed by atoms with Crippen LogP contribution >= 0.6 is 0 Å². The summed E-state index contributed by atoms with van der Waals surface area (Å²) in [7, 11) is 1.28. The molecule has 22 heavy (non-hydrogen) atoms. The molecule has 0 unspecified atom stereocenters. The molecule has 0 aliphatic heterocycles. The number of methoxy groups -OCH3 is 1. The lowest BCUT2D eigenvalue weighted by Crippen LogP contribution is -2.43. The minimum absolute atomic E-state index is 0.140. The Labute approximate surface area is 130 Å². The van der Waals surface area contributed by atoms with E-state index in [1.54, 1.807) is 12.1 Å². The topological polar surface area (TPSA) is 55.4 Å². The van der Waals surface area contributed by atoms with Crippen molar-refractivity contribution >= 4 is 11.9 Å². The van der Waals surface area contributed by atoms with Gasteiger partial charge in [-0.1, -0.05) is 25.0 Å². The zero-order valence-corrected chi connectivity index (χ0v) is 12.8.